The fourth-order valence-corrected chi connectivity index (χ4v) is 2.46. The Labute approximate surface area is 147 Å². The first-order chi connectivity index (χ1) is 11.6. The highest BCUT2D eigenvalue weighted by molar-refractivity contribution is 9.10. The summed E-state index contributed by atoms with van der Waals surface area (Å²) >= 11 is 3.36. The molecular formula is C18H14BrN3O2. The predicted octanol–water partition coefficient (Wildman–Crippen LogP) is 3.33. The van der Waals surface area contributed by atoms with Crippen molar-refractivity contribution >= 4 is 45.3 Å². The number of carbonyl (C=O) groups excluding carboxylic acids is 2. The summed E-state index contributed by atoms with van der Waals surface area (Å²) in [4.78, 5) is 24.0. The molecule has 1 N–H and O–H groups in total. The molecule has 24 heavy (non-hydrogen) atoms. The Morgan fingerprint density at radius 1 is 1.12 bits per heavy atom. The van der Waals surface area contributed by atoms with Gasteiger partial charge in [-0.2, -0.15) is 10.1 Å². The number of nitrogens with zero attached hydrogens (tertiary/aromatic N) is 2. The highest BCUT2D eigenvalue weighted by Gasteiger charge is 2.25. The number of hydrogen-bond donors (Lipinski definition) is 1. The van der Waals surface area contributed by atoms with Crippen LogP contribution in [0, 0.1) is 0 Å². The molecule has 2 aromatic carbocycles. The van der Waals surface area contributed by atoms with Gasteiger partial charge in [0, 0.05) is 10.5 Å². The fraction of sp³-hybridized carbons (Fsp3) is 0.0556. The summed E-state index contributed by atoms with van der Waals surface area (Å²) < 4.78 is 0.976. The number of rotatable bonds is 3. The smallest absolute Gasteiger partial charge is 0.255 e. The molecule has 2 amide bonds. The van der Waals surface area contributed by atoms with Crippen LogP contribution in [0.5, 0.6) is 0 Å². The van der Waals surface area contributed by atoms with E-state index in [-0.39, 0.29) is 18.2 Å². The van der Waals surface area contributed by atoms with E-state index in [1.54, 1.807) is 18.2 Å². The topological polar surface area (TPSA) is 61.8 Å². The Balaban J connectivity index is 1.64. The molecule has 0 bridgehead atoms. The molecule has 120 valence electrons. The summed E-state index contributed by atoms with van der Waals surface area (Å²) in [6, 6.07) is 16.7. The van der Waals surface area contributed by atoms with Gasteiger partial charge in [0.05, 0.1) is 12.1 Å². The van der Waals surface area contributed by atoms with E-state index in [0.29, 0.717) is 11.5 Å². The van der Waals surface area contributed by atoms with Crippen molar-refractivity contribution in [3.05, 3.63) is 70.7 Å². The van der Waals surface area contributed by atoms with Crippen LogP contribution in [0.2, 0.25) is 0 Å². The van der Waals surface area contributed by atoms with E-state index in [0.717, 1.165) is 10.0 Å². The molecule has 0 saturated heterocycles. The highest BCUT2D eigenvalue weighted by atomic mass is 79.9. The van der Waals surface area contributed by atoms with Gasteiger partial charge in [0.15, 0.2) is 0 Å². The summed E-state index contributed by atoms with van der Waals surface area (Å²) in [6.45, 7) is 0. The van der Waals surface area contributed by atoms with Gasteiger partial charge in [0.2, 0.25) is 5.91 Å². The van der Waals surface area contributed by atoms with Crippen LogP contribution in [0.3, 0.4) is 0 Å². The van der Waals surface area contributed by atoms with Crippen molar-refractivity contribution in [1.29, 1.82) is 0 Å². The number of amidine groups is 1. The van der Waals surface area contributed by atoms with Crippen molar-refractivity contribution in [3.8, 4) is 0 Å². The molecule has 1 heterocycles. The zero-order valence-corrected chi connectivity index (χ0v) is 14.2. The van der Waals surface area contributed by atoms with E-state index in [2.05, 4.69) is 26.3 Å². The number of hydrazone groups is 1. The number of anilines is 1. The second-order valence-electron chi connectivity index (χ2n) is 5.14. The van der Waals surface area contributed by atoms with Crippen molar-refractivity contribution < 1.29 is 9.59 Å². The van der Waals surface area contributed by atoms with Crippen LogP contribution in [0.15, 0.2) is 70.2 Å². The van der Waals surface area contributed by atoms with Crippen LogP contribution in [-0.4, -0.2) is 17.6 Å². The number of halogens is 1. The maximum atomic E-state index is 12.0. The minimum Gasteiger partial charge on any atom is -0.309 e. The third-order valence-electron chi connectivity index (χ3n) is 3.34. The van der Waals surface area contributed by atoms with Crippen LogP contribution in [0.25, 0.3) is 6.08 Å². The lowest BCUT2D eigenvalue weighted by atomic mass is 10.2. The lowest BCUT2D eigenvalue weighted by Crippen LogP contribution is -2.27. The van der Waals surface area contributed by atoms with Crippen LogP contribution in [0.4, 0.5) is 5.69 Å². The second-order valence-corrected chi connectivity index (χ2v) is 6.05. The molecule has 0 spiro atoms. The summed E-state index contributed by atoms with van der Waals surface area (Å²) in [5.41, 5.74) is 1.58. The first kappa shape index (κ1) is 16.1. The predicted molar refractivity (Wildman–Crippen MR) is 97.3 cm³/mol. The molecule has 2 aromatic rings. The van der Waals surface area contributed by atoms with Gasteiger partial charge < -0.3 is 5.32 Å². The van der Waals surface area contributed by atoms with Gasteiger partial charge in [-0.05, 0) is 35.9 Å². The summed E-state index contributed by atoms with van der Waals surface area (Å²) in [5.74, 6) is -0.151. The molecule has 6 heteroatoms. The van der Waals surface area contributed by atoms with E-state index in [4.69, 9.17) is 0 Å². The molecule has 0 atom stereocenters. The zero-order valence-electron chi connectivity index (χ0n) is 12.6. The van der Waals surface area contributed by atoms with Gasteiger partial charge in [0.1, 0.15) is 5.84 Å². The molecule has 1 aliphatic rings. The molecule has 1 aliphatic heterocycles. The molecular weight excluding hydrogens is 370 g/mol. The average Bonchev–Trinajstić information content (AvgIpc) is 2.95. The quantitative estimate of drug-likeness (QED) is 0.826. The number of para-hydroxylation sites is 1. The zero-order chi connectivity index (χ0) is 16.9. The Morgan fingerprint density at radius 3 is 2.54 bits per heavy atom. The Bertz CT molecular complexity index is 814. The van der Waals surface area contributed by atoms with Gasteiger partial charge in [-0.15, -0.1) is 0 Å². The summed E-state index contributed by atoms with van der Waals surface area (Å²) in [6.07, 6.45) is 3.20. The number of carbonyl (C=O) groups is 2. The van der Waals surface area contributed by atoms with E-state index in [1.165, 1.54) is 11.1 Å². The minimum absolute atomic E-state index is 0.0761. The monoisotopic (exact) mass is 383 g/mol. The summed E-state index contributed by atoms with van der Waals surface area (Å²) in [5, 5.41) is 8.12. The lowest BCUT2D eigenvalue weighted by molar-refractivity contribution is -0.116. The van der Waals surface area contributed by atoms with Crippen molar-refractivity contribution in [2.75, 3.05) is 5.01 Å². The van der Waals surface area contributed by atoms with Crippen LogP contribution in [0.1, 0.15) is 12.0 Å². The van der Waals surface area contributed by atoms with Crippen molar-refractivity contribution in [2.24, 2.45) is 5.10 Å². The molecule has 0 radical (unpaired) electrons. The van der Waals surface area contributed by atoms with Gasteiger partial charge in [-0.3, -0.25) is 9.59 Å². The number of nitrogens with one attached hydrogen (secondary N) is 1. The molecule has 3 rings (SSSR count). The third-order valence-corrected chi connectivity index (χ3v) is 3.87. The van der Waals surface area contributed by atoms with Crippen LogP contribution < -0.4 is 10.3 Å². The average molecular weight is 384 g/mol. The fourth-order valence-electron chi connectivity index (χ4n) is 2.20. The standard InChI is InChI=1S/C18H14BrN3O2/c19-14-9-6-13(7-10-14)8-11-17(23)20-16-12-18(24)22(21-16)15-4-2-1-3-5-15/h1-11H,12H2,(H,20,21,23)/b11-8+. The molecule has 0 aliphatic carbocycles. The molecule has 0 saturated carbocycles. The van der Waals surface area contributed by atoms with Gasteiger partial charge in [-0.1, -0.05) is 46.3 Å². The number of hydrogen-bond acceptors (Lipinski definition) is 3. The Kier molecular flexibility index (Phi) is 4.86. The van der Waals surface area contributed by atoms with E-state index in [9.17, 15) is 9.59 Å². The van der Waals surface area contributed by atoms with Crippen molar-refractivity contribution in [2.45, 2.75) is 6.42 Å². The van der Waals surface area contributed by atoms with E-state index >= 15 is 0 Å². The van der Waals surface area contributed by atoms with Crippen LogP contribution in [-0.2, 0) is 9.59 Å². The van der Waals surface area contributed by atoms with Crippen molar-refractivity contribution in [1.82, 2.24) is 5.32 Å². The lowest BCUT2D eigenvalue weighted by Gasteiger charge is -2.10. The highest BCUT2D eigenvalue weighted by Crippen LogP contribution is 2.19. The van der Waals surface area contributed by atoms with E-state index < -0.39 is 0 Å². The van der Waals surface area contributed by atoms with Gasteiger partial charge in [-0.25, -0.2) is 0 Å². The molecule has 0 aromatic heterocycles. The third kappa shape index (κ3) is 3.97. The molecule has 0 fully saturated rings. The van der Waals surface area contributed by atoms with E-state index in [1.807, 2.05) is 42.5 Å². The van der Waals surface area contributed by atoms with Gasteiger partial charge in [0.25, 0.3) is 5.91 Å². The maximum Gasteiger partial charge on any atom is 0.255 e. The normalized spacial score (nSPS) is 14.1. The Morgan fingerprint density at radius 2 is 1.83 bits per heavy atom. The number of amides is 2. The molecule has 5 nitrogen and oxygen atoms in total. The minimum atomic E-state index is -0.320. The first-order valence-corrected chi connectivity index (χ1v) is 8.11. The Hall–Kier alpha value is -2.73. The number of benzene rings is 2. The second kappa shape index (κ2) is 7.23. The van der Waals surface area contributed by atoms with Crippen LogP contribution >= 0.6 is 15.9 Å². The van der Waals surface area contributed by atoms with Gasteiger partial charge >= 0.3 is 0 Å². The maximum absolute atomic E-state index is 12.0. The molecule has 0 unspecified atom stereocenters. The first-order valence-electron chi connectivity index (χ1n) is 7.32. The largest absolute Gasteiger partial charge is 0.309 e. The van der Waals surface area contributed by atoms with Crippen molar-refractivity contribution in [3.63, 3.8) is 0 Å². The summed E-state index contributed by atoms with van der Waals surface area (Å²) in [7, 11) is 0. The SMILES string of the molecule is O=C(/C=C/c1ccc(Br)cc1)NC1=NN(c2ccccc2)C(=O)C1.